The monoisotopic (exact) mass is 313 g/mol. The maximum atomic E-state index is 5.63. The van der Waals surface area contributed by atoms with Crippen LogP contribution in [-0.4, -0.2) is 32.0 Å². The molecular formula is C14H20BrNO2. The number of anilines is 1. The minimum Gasteiger partial charge on any atom is -0.379 e. The van der Waals surface area contributed by atoms with E-state index in [0.717, 1.165) is 23.2 Å². The van der Waals surface area contributed by atoms with Crippen LogP contribution in [-0.2, 0) is 9.47 Å². The van der Waals surface area contributed by atoms with Crippen LogP contribution in [0.5, 0.6) is 0 Å². The maximum Gasteiger partial charge on any atom is 0.103 e. The Morgan fingerprint density at radius 3 is 2.89 bits per heavy atom. The molecule has 18 heavy (non-hydrogen) atoms. The van der Waals surface area contributed by atoms with Gasteiger partial charge in [0.2, 0.25) is 0 Å². The van der Waals surface area contributed by atoms with Crippen LogP contribution in [0.2, 0.25) is 0 Å². The summed E-state index contributed by atoms with van der Waals surface area (Å²) >= 11 is 3.50. The zero-order valence-corrected chi connectivity index (χ0v) is 12.7. The van der Waals surface area contributed by atoms with Crippen LogP contribution in [0.3, 0.4) is 0 Å². The van der Waals surface area contributed by atoms with Crippen molar-refractivity contribution in [2.45, 2.75) is 38.5 Å². The van der Waals surface area contributed by atoms with Crippen LogP contribution in [0.1, 0.15) is 18.9 Å². The van der Waals surface area contributed by atoms with Crippen LogP contribution in [0, 0.1) is 6.92 Å². The molecule has 0 amide bonds. The van der Waals surface area contributed by atoms with Crippen molar-refractivity contribution in [1.82, 2.24) is 0 Å². The van der Waals surface area contributed by atoms with E-state index in [4.69, 9.17) is 9.47 Å². The van der Waals surface area contributed by atoms with Gasteiger partial charge in [0.1, 0.15) is 6.10 Å². The number of hydrogen-bond donors (Lipinski definition) is 1. The van der Waals surface area contributed by atoms with Gasteiger partial charge in [0.25, 0.3) is 0 Å². The van der Waals surface area contributed by atoms with E-state index in [-0.39, 0.29) is 12.2 Å². The van der Waals surface area contributed by atoms with Crippen molar-refractivity contribution in [3.8, 4) is 0 Å². The first-order valence-corrected chi connectivity index (χ1v) is 7.12. The second-order valence-corrected chi connectivity index (χ2v) is 5.56. The summed E-state index contributed by atoms with van der Waals surface area (Å²) in [6, 6.07) is 6.60. The van der Waals surface area contributed by atoms with Gasteiger partial charge in [-0.15, -0.1) is 0 Å². The molecule has 4 heteroatoms. The summed E-state index contributed by atoms with van der Waals surface area (Å²) in [6.45, 7) is 4.87. The summed E-state index contributed by atoms with van der Waals surface area (Å²) in [7, 11) is 1.75. The lowest BCUT2D eigenvalue weighted by Crippen LogP contribution is -2.56. The smallest absolute Gasteiger partial charge is 0.103 e. The molecule has 1 fully saturated rings. The molecule has 0 aromatic heterocycles. The van der Waals surface area contributed by atoms with Gasteiger partial charge in [0.15, 0.2) is 0 Å². The van der Waals surface area contributed by atoms with Gasteiger partial charge in [-0.25, -0.2) is 0 Å². The van der Waals surface area contributed by atoms with Crippen LogP contribution in [0.4, 0.5) is 5.69 Å². The Balaban J connectivity index is 2.00. The summed E-state index contributed by atoms with van der Waals surface area (Å²) in [5.41, 5.74) is 2.40. The molecular weight excluding hydrogens is 294 g/mol. The predicted molar refractivity (Wildman–Crippen MR) is 77.1 cm³/mol. The number of methoxy groups -OCH3 is 1. The van der Waals surface area contributed by atoms with Crippen LogP contribution in [0.15, 0.2) is 22.7 Å². The van der Waals surface area contributed by atoms with E-state index in [1.807, 2.05) is 6.92 Å². The second-order valence-electron chi connectivity index (χ2n) is 4.64. The molecule has 0 bridgehead atoms. The molecule has 1 aliphatic rings. The molecule has 1 aromatic carbocycles. The SMILES string of the molecule is CCOC1CC(Nc2cc(Br)ccc2C)C1OC. The maximum absolute atomic E-state index is 5.63. The first kappa shape index (κ1) is 13.8. The van der Waals surface area contributed by atoms with Crippen molar-refractivity contribution < 1.29 is 9.47 Å². The molecule has 1 N–H and O–H groups in total. The fourth-order valence-electron chi connectivity index (χ4n) is 2.37. The van der Waals surface area contributed by atoms with E-state index >= 15 is 0 Å². The highest BCUT2D eigenvalue weighted by Crippen LogP contribution is 2.31. The molecule has 2 rings (SSSR count). The van der Waals surface area contributed by atoms with Gasteiger partial charge in [-0.3, -0.25) is 0 Å². The highest BCUT2D eigenvalue weighted by atomic mass is 79.9. The molecule has 0 heterocycles. The Hall–Kier alpha value is -0.580. The minimum atomic E-state index is 0.142. The number of rotatable bonds is 5. The Bertz CT molecular complexity index is 411. The molecule has 0 aliphatic heterocycles. The zero-order chi connectivity index (χ0) is 13.1. The quantitative estimate of drug-likeness (QED) is 0.904. The lowest BCUT2D eigenvalue weighted by molar-refractivity contribution is -0.118. The Morgan fingerprint density at radius 1 is 1.44 bits per heavy atom. The van der Waals surface area contributed by atoms with Crippen LogP contribution < -0.4 is 5.32 Å². The average molecular weight is 314 g/mol. The Kier molecular flexibility index (Phi) is 4.65. The summed E-state index contributed by atoms with van der Waals surface area (Å²) in [5.74, 6) is 0. The molecule has 3 atom stereocenters. The fourth-order valence-corrected chi connectivity index (χ4v) is 2.73. The van der Waals surface area contributed by atoms with Crippen molar-refractivity contribution >= 4 is 21.6 Å². The van der Waals surface area contributed by atoms with Gasteiger partial charge < -0.3 is 14.8 Å². The predicted octanol–water partition coefficient (Wildman–Crippen LogP) is 3.36. The third-order valence-electron chi connectivity index (χ3n) is 3.44. The normalized spacial score (nSPS) is 26.8. The lowest BCUT2D eigenvalue weighted by atomic mass is 9.85. The molecule has 1 saturated carbocycles. The molecule has 1 aliphatic carbocycles. The highest BCUT2D eigenvalue weighted by molar-refractivity contribution is 9.10. The van der Waals surface area contributed by atoms with Gasteiger partial charge in [-0.05, 0) is 38.0 Å². The average Bonchev–Trinajstić information content (AvgIpc) is 2.32. The Morgan fingerprint density at radius 2 is 2.22 bits per heavy atom. The second kappa shape index (κ2) is 6.04. The van der Waals surface area contributed by atoms with E-state index in [0.29, 0.717) is 6.04 Å². The molecule has 1 aromatic rings. The van der Waals surface area contributed by atoms with Crippen molar-refractivity contribution in [2.75, 3.05) is 19.0 Å². The van der Waals surface area contributed by atoms with Gasteiger partial charge in [-0.1, -0.05) is 22.0 Å². The van der Waals surface area contributed by atoms with E-state index in [9.17, 15) is 0 Å². The van der Waals surface area contributed by atoms with Gasteiger partial charge in [-0.2, -0.15) is 0 Å². The molecule has 3 unspecified atom stereocenters. The van der Waals surface area contributed by atoms with Crippen molar-refractivity contribution in [3.63, 3.8) is 0 Å². The van der Waals surface area contributed by atoms with Crippen LogP contribution in [0.25, 0.3) is 0 Å². The van der Waals surface area contributed by atoms with Crippen molar-refractivity contribution in [1.29, 1.82) is 0 Å². The number of benzene rings is 1. The third-order valence-corrected chi connectivity index (χ3v) is 3.94. The molecule has 0 radical (unpaired) electrons. The number of aryl methyl sites for hydroxylation is 1. The lowest BCUT2D eigenvalue weighted by Gasteiger charge is -2.44. The highest BCUT2D eigenvalue weighted by Gasteiger charge is 2.42. The number of hydrogen-bond acceptors (Lipinski definition) is 3. The number of nitrogens with one attached hydrogen (secondary N) is 1. The van der Waals surface area contributed by atoms with Gasteiger partial charge >= 0.3 is 0 Å². The topological polar surface area (TPSA) is 30.5 Å². The molecule has 3 nitrogen and oxygen atoms in total. The number of ether oxygens (including phenoxy) is 2. The Labute approximate surface area is 117 Å². The standard InChI is InChI=1S/C14H20BrNO2/c1-4-18-13-8-12(14(13)17-3)16-11-7-10(15)6-5-9(11)2/h5-7,12-14,16H,4,8H2,1-3H3. The van der Waals surface area contributed by atoms with Crippen molar-refractivity contribution in [3.05, 3.63) is 28.2 Å². The largest absolute Gasteiger partial charge is 0.379 e. The van der Waals surface area contributed by atoms with Gasteiger partial charge in [0, 0.05) is 23.9 Å². The van der Waals surface area contributed by atoms with E-state index in [1.165, 1.54) is 5.56 Å². The molecule has 0 spiro atoms. The van der Waals surface area contributed by atoms with Crippen LogP contribution >= 0.6 is 15.9 Å². The van der Waals surface area contributed by atoms with E-state index in [1.54, 1.807) is 7.11 Å². The summed E-state index contributed by atoms with van der Waals surface area (Å²) in [4.78, 5) is 0. The summed E-state index contributed by atoms with van der Waals surface area (Å²) < 4.78 is 12.2. The molecule has 0 saturated heterocycles. The van der Waals surface area contributed by atoms with Gasteiger partial charge in [0.05, 0.1) is 12.1 Å². The van der Waals surface area contributed by atoms with E-state index in [2.05, 4.69) is 46.4 Å². The summed E-state index contributed by atoms with van der Waals surface area (Å²) in [5, 5.41) is 3.54. The third kappa shape index (κ3) is 2.87. The summed E-state index contributed by atoms with van der Waals surface area (Å²) in [6.07, 6.45) is 1.37. The minimum absolute atomic E-state index is 0.142. The first-order chi connectivity index (χ1) is 8.65. The van der Waals surface area contributed by atoms with Crippen molar-refractivity contribution in [2.24, 2.45) is 0 Å². The number of halogens is 1. The molecule has 100 valence electrons. The van der Waals surface area contributed by atoms with E-state index < -0.39 is 0 Å². The zero-order valence-electron chi connectivity index (χ0n) is 11.1. The first-order valence-electron chi connectivity index (χ1n) is 6.32. The fraction of sp³-hybridized carbons (Fsp3) is 0.571.